The minimum absolute atomic E-state index is 0.00599. The van der Waals surface area contributed by atoms with Crippen molar-refractivity contribution in [3.8, 4) is 0 Å². The lowest BCUT2D eigenvalue weighted by Gasteiger charge is -2.10. The number of hydrogen-bond acceptors (Lipinski definition) is 0. The molecule has 17 heavy (non-hydrogen) atoms. The van der Waals surface area contributed by atoms with Gasteiger partial charge in [-0.05, 0) is 40.0 Å². The molecule has 1 atom stereocenters. The van der Waals surface area contributed by atoms with E-state index in [1.54, 1.807) is 12.1 Å². The van der Waals surface area contributed by atoms with Gasteiger partial charge in [-0.1, -0.05) is 45.1 Å². The minimum Gasteiger partial charge on any atom is -0.206 e. The molecule has 0 amide bonds. The summed E-state index contributed by atoms with van der Waals surface area (Å²) in [7, 11) is 0. The predicted molar refractivity (Wildman–Crippen MR) is 76.1 cm³/mol. The van der Waals surface area contributed by atoms with E-state index in [-0.39, 0.29) is 11.2 Å². The first-order valence-electron chi connectivity index (χ1n) is 6.24. The van der Waals surface area contributed by atoms with E-state index in [4.69, 9.17) is 11.6 Å². The summed E-state index contributed by atoms with van der Waals surface area (Å²) in [5.74, 6) is -0.236. The highest BCUT2D eigenvalue weighted by Gasteiger charge is 2.09. The van der Waals surface area contributed by atoms with Crippen LogP contribution in [0.1, 0.15) is 56.4 Å². The minimum atomic E-state index is -0.236. The maximum Gasteiger partial charge on any atom is 0.137 e. The molecule has 1 rings (SSSR count). The van der Waals surface area contributed by atoms with Crippen molar-refractivity contribution in [2.24, 2.45) is 0 Å². The van der Waals surface area contributed by atoms with E-state index in [0.717, 1.165) is 18.4 Å². The van der Waals surface area contributed by atoms with Gasteiger partial charge in [0, 0.05) is 0 Å². The lowest BCUT2D eigenvalue weighted by Crippen LogP contribution is -1.92. The van der Waals surface area contributed by atoms with E-state index >= 15 is 0 Å². The van der Waals surface area contributed by atoms with Gasteiger partial charge in [-0.2, -0.15) is 0 Å². The number of rotatable bonds is 7. The summed E-state index contributed by atoms with van der Waals surface area (Å²) in [6.45, 7) is 2.21. The number of halogens is 3. The van der Waals surface area contributed by atoms with Crippen molar-refractivity contribution in [3.05, 3.63) is 34.1 Å². The van der Waals surface area contributed by atoms with Gasteiger partial charge < -0.3 is 0 Å². The van der Waals surface area contributed by atoms with Crippen LogP contribution in [0.5, 0.6) is 0 Å². The quantitative estimate of drug-likeness (QED) is 0.412. The molecule has 0 nitrogen and oxygen atoms in total. The van der Waals surface area contributed by atoms with Gasteiger partial charge in [0.15, 0.2) is 0 Å². The second-order valence-electron chi connectivity index (χ2n) is 4.34. The summed E-state index contributed by atoms with van der Waals surface area (Å²) in [5, 5.41) is -0.00599. The van der Waals surface area contributed by atoms with Gasteiger partial charge in [-0.3, -0.25) is 0 Å². The molecule has 0 radical (unpaired) electrons. The Bertz CT molecular complexity index is 341. The summed E-state index contributed by atoms with van der Waals surface area (Å²) in [6.07, 6.45) is 7.18. The van der Waals surface area contributed by atoms with Crippen molar-refractivity contribution in [1.82, 2.24) is 0 Å². The second-order valence-corrected chi connectivity index (χ2v) is 5.73. The van der Waals surface area contributed by atoms with Crippen LogP contribution in [0.2, 0.25) is 0 Å². The first-order valence-corrected chi connectivity index (χ1v) is 7.47. The Morgan fingerprint density at radius 3 is 2.59 bits per heavy atom. The molecule has 0 heterocycles. The van der Waals surface area contributed by atoms with E-state index in [1.807, 2.05) is 0 Å². The van der Waals surface area contributed by atoms with Crippen molar-refractivity contribution in [1.29, 1.82) is 0 Å². The lowest BCUT2D eigenvalue weighted by atomic mass is 10.0. The van der Waals surface area contributed by atoms with Gasteiger partial charge in [0.05, 0.1) is 9.85 Å². The molecule has 96 valence electrons. The highest BCUT2D eigenvalue weighted by atomic mass is 79.9. The van der Waals surface area contributed by atoms with E-state index in [1.165, 1.54) is 31.7 Å². The average molecular weight is 322 g/mol. The smallest absolute Gasteiger partial charge is 0.137 e. The molecule has 1 aromatic rings. The fraction of sp³-hybridized carbons (Fsp3) is 0.571. The Hall–Kier alpha value is -0.0800. The Morgan fingerprint density at radius 1 is 1.24 bits per heavy atom. The molecular formula is C14H19BrClF. The van der Waals surface area contributed by atoms with Crippen LogP contribution in [-0.2, 0) is 0 Å². The topological polar surface area (TPSA) is 0 Å². The molecule has 3 heteroatoms. The van der Waals surface area contributed by atoms with Crippen LogP contribution in [0.15, 0.2) is 22.7 Å². The zero-order valence-electron chi connectivity index (χ0n) is 10.2. The molecule has 1 unspecified atom stereocenters. The van der Waals surface area contributed by atoms with E-state index < -0.39 is 0 Å². The van der Waals surface area contributed by atoms with Gasteiger partial charge in [0.2, 0.25) is 0 Å². The van der Waals surface area contributed by atoms with Gasteiger partial charge in [-0.15, -0.1) is 11.6 Å². The zero-order chi connectivity index (χ0) is 12.7. The van der Waals surface area contributed by atoms with E-state index in [2.05, 4.69) is 22.9 Å². The Labute approximate surface area is 117 Å². The van der Waals surface area contributed by atoms with Crippen molar-refractivity contribution in [2.75, 3.05) is 0 Å². The van der Waals surface area contributed by atoms with Crippen LogP contribution in [-0.4, -0.2) is 0 Å². The standard InChI is InChI=1S/C14H19BrClF/c1-2-3-4-5-6-7-13(16)11-8-9-14(17)12(15)10-11/h8-10,13H,2-7H2,1H3. The van der Waals surface area contributed by atoms with E-state index in [0.29, 0.717) is 4.47 Å². The molecule has 0 saturated heterocycles. The number of unbranched alkanes of at least 4 members (excludes halogenated alkanes) is 4. The highest BCUT2D eigenvalue weighted by Crippen LogP contribution is 2.29. The molecule has 0 aromatic heterocycles. The van der Waals surface area contributed by atoms with Crippen molar-refractivity contribution in [2.45, 2.75) is 50.8 Å². The SMILES string of the molecule is CCCCCCCC(Cl)c1ccc(F)c(Br)c1. The molecular weight excluding hydrogens is 303 g/mol. The molecule has 0 aliphatic rings. The highest BCUT2D eigenvalue weighted by molar-refractivity contribution is 9.10. The van der Waals surface area contributed by atoms with Gasteiger partial charge in [0.25, 0.3) is 0 Å². The third-order valence-corrected chi connectivity index (χ3v) is 3.94. The first-order chi connectivity index (χ1) is 8.15. The van der Waals surface area contributed by atoms with Crippen LogP contribution in [0, 0.1) is 5.82 Å². The summed E-state index contributed by atoms with van der Waals surface area (Å²) >= 11 is 9.48. The summed E-state index contributed by atoms with van der Waals surface area (Å²) in [6, 6.07) is 5.01. The molecule has 0 aliphatic heterocycles. The number of alkyl halides is 1. The summed E-state index contributed by atoms with van der Waals surface area (Å²) < 4.78 is 13.6. The van der Waals surface area contributed by atoms with Crippen LogP contribution >= 0.6 is 27.5 Å². The predicted octanol–water partition coefficient (Wildman–Crippen LogP) is 6.23. The molecule has 0 saturated carbocycles. The number of benzene rings is 1. The van der Waals surface area contributed by atoms with Crippen molar-refractivity contribution >= 4 is 27.5 Å². The first kappa shape index (κ1) is 15.0. The fourth-order valence-electron chi connectivity index (χ4n) is 1.80. The molecule has 1 aromatic carbocycles. The van der Waals surface area contributed by atoms with Crippen molar-refractivity contribution < 1.29 is 4.39 Å². The van der Waals surface area contributed by atoms with Crippen molar-refractivity contribution in [3.63, 3.8) is 0 Å². The Morgan fingerprint density at radius 2 is 1.94 bits per heavy atom. The van der Waals surface area contributed by atoms with Crippen LogP contribution in [0.25, 0.3) is 0 Å². The lowest BCUT2D eigenvalue weighted by molar-refractivity contribution is 0.598. The Balaban J connectivity index is 2.36. The monoisotopic (exact) mass is 320 g/mol. The maximum atomic E-state index is 13.1. The molecule has 0 bridgehead atoms. The normalized spacial score (nSPS) is 12.7. The second kappa shape index (κ2) is 8.10. The van der Waals surface area contributed by atoms with Gasteiger partial charge >= 0.3 is 0 Å². The maximum absolute atomic E-state index is 13.1. The summed E-state index contributed by atoms with van der Waals surface area (Å²) in [4.78, 5) is 0. The summed E-state index contributed by atoms with van der Waals surface area (Å²) in [5.41, 5.74) is 0.996. The largest absolute Gasteiger partial charge is 0.206 e. The molecule has 0 spiro atoms. The van der Waals surface area contributed by atoms with E-state index in [9.17, 15) is 4.39 Å². The van der Waals surface area contributed by atoms with Gasteiger partial charge in [0.1, 0.15) is 5.82 Å². The van der Waals surface area contributed by atoms with Crippen LogP contribution < -0.4 is 0 Å². The molecule has 0 N–H and O–H groups in total. The van der Waals surface area contributed by atoms with Gasteiger partial charge in [-0.25, -0.2) is 4.39 Å². The van der Waals surface area contributed by atoms with Crippen LogP contribution in [0.3, 0.4) is 0 Å². The third kappa shape index (κ3) is 5.39. The Kier molecular flexibility index (Phi) is 7.14. The molecule has 0 aliphatic carbocycles. The number of hydrogen-bond donors (Lipinski definition) is 0. The average Bonchev–Trinajstić information content (AvgIpc) is 2.32. The zero-order valence-corrected chi connectivity index (χ0v) is 12.5. The third-order valence-electron chi connectivity index (χ3n) is 2.87. The fourth-order valence-corrected chi connectivity index (χ4v) is 2.49. The van der Waals surface area contributed by atoms with Crippen LogP contribution in [0.4, 0.5) is 4.39 Å². The molecule has 0 fully saturated rings.